The largest absolute Gasteiger partial charge is 0.379 e. The van der Waals surface area contributed by atoms with Crippen LogP contribution < -0.4 is 5.73 Å². The van der Waals surface area contributed by atoms with Crippen LogP contribution in [-0.2, 0) is 14.9 Å². The molecule has 2 unspecified atom stereocenters. The topological polar surface area (TPSA) is 75.9 Å². The summed E-state index contributed by atoms with van der Waals surface area (Å²) in [5.41, 5.74) is 6.02. The van der Waals surface area contributed by atoms with Crippen molar-refractivity contribution in [2.45, 2.75) is 25.8 Å². The lowest BCUT2D eigenvalue weighted by atomic mass is 9.92. The molecule has 0 aliphatic carbocycles. The third kappa shape index (κ3) is 2.85. The summed E-state index contributed by atoms with van der Waals surface area (Å²) in [5.74, 6) is 0.273. The predicted octanol–water partition coefficient (Wildman–Crippen LogP) is -0.377. The molecule has 0 aromatic rings. The second-order valence-electron chi connectivity index (χ2n) is 5.00. The lowest BCUT2D eigenvalue weighted by Gasteiger charge is -2.39. The van der Waals surface area contributed by atoms with Crippen molar-refractivity contribution >= 4 is 10.2 Å². The van der Waals surface area contributed by atoms with Crippen LogP contribution in [0.25, 0.3) is 0 Å². The predicted molar refractivity (Wildman–Crippen MR) is 69.3 cm³/mol. The maximum Gasteiger partial charge on any atom is 0.282 e. The van der Waals surface area contributed by atoms with Gasteiger partial charge in [-0.1, -0.05) is 13.3 Å². The molecule has 0 radical (unpaired) electrons. The normalized spacial score (nSPS) is 32.6. The van der Waals surface area contributed by atoms with Crippen molar-refractivity contribution in [2.24, 2.45) is 11.7 Å². The molecule has 0 amide bonds. The van der Waals surface area contributed by atoms with Crippen LogP contribution in [0.3, 0.4) is 0 Å². The maximum absolute atomic E-state index is 12.5. The fourth-order valence-corrected chi connectivity index (χ4v) is 4.25. The number of rotatable bonds is 3. The molecule has 0 saturated carbocycles. The molecule has 0 bridgehead atoms. The molecule has 2 aliphatic rings. The molecule has 2 heterocycles. The van der Waals surface area contributed by atoms with Gasteiger partial charge in [-0.05, 0) is 12.3 Å². The van der Waals surface area contributed by atoms with Crippen molar-refractivity contribution in [3.63, 3.8) is 0 Å². The van der Waals surface area contributed by atoms with E-state index in [1.165, 1.54) is 4.31 Å². The van der Waals surface area contributed by atoms with E-state index in [4.69, 9.17) is 10.5 Å². The number of piperidine rings is 1. The van der Waals surface area contributed by atoms with Gasteiger partial charge < -0.3 is 10.5 Å². The van der Waals surface area contributed by atoms with Gasteiger partial charge in [-0.25, -0.2) is 0 Å². The van der Waals surface area contributed by atoms with E-state index in [0.29, 0.717) is 39.4 Å². The number of hydrogen-bond acceptors (Lipinski definition) is 4. The number of nitrogens with two attached hydrogens (primary N) is 1. The van der Waals surface area contributed by atoms with Crippen LogP contribution in [0.1, 0.15) is 19.8 Å². The van der Waals surface area contributed by atoms with Gasteiger partial charge >= 0.3 is 0 Å². The van der Waals surface area contributed by atoms with Crippen LogP contribution in [0.4, 0.5) is 0 Å². The summed E-state index contributed by atoms with van der Waals surface area (Å²) in [5, 5.41) is 0. The first-order chi connectivity index (χ1) is 8.55. The van der Waals surface area contributed by atoms with Crippen molar-refractivity contribution in [1.29, 1.82) is 0 Å². The van der Waals surface area contributed by atoms with Gasteiger partial charge in [-0.2, -0.15) is 17.0 Å². The minimum atomic E-state index is -3.32. The van der Waals surface area contributed by atoms with Crippen LogP contribution >= 0.6 is 0 Å². The van der Waals surface area contributed by atoms with Crippen LogP contribution in [0.15, 0.2) is 0 Å². The Morgan fingerprint density at radius 3 is 2.50 bits per heavy atom. The van der Waals surface area contributed by atoms with Crippen molar-refractivity contribution < 1.29 is 13.2 Å². The van der Waals surface area contributed by atoms with Gasteiger partial charge in [0.15, 0.2) is 0 Å². The Hall–Kier alpha value is -0.210. The molecular formula is C11H23N3O3S. The molecule has 6 nitrogen and oxygen atoms in total. The molecule has 106 valence electrons. The Morgan fingerprint density at radius 1 is 1.22 bits per heavy atom. The fourth-order valence-electron chi connectivity index (χ4n) is 2.60. The summed E-state index contributed by atoms with van der Waals surface area (Å²) < 4.78 is 33.2. The molecule has 2 fully saturated rings. The highest BCUT2D eigenvalue weighted by molar-refractivity contribution is 7.86. The molecule has 18 heavy (non-hydrogen) atoms. The molecule has 0 spiro atoms. The highest BCUT2D eigenvalue weighted by Crippen LogP contribution is 2.23. The van der Waals surface area contributed by atoms with Crippen molar-refractivity contribution in [3.05, 3.63) is 0 Å². The van der Waals surface area contributed by atoms with Crippen LogP contribution in [0, 0.1) is 5.92 Å². The molecule has 0 aromatic carbocycles. The maximum atomic E-state index is 12.5. The van der Waals surface area contributed by atoms with Crippen molar-refractivity contribution in [2.75, 3.05) is 39.4 Å². The van der Waals surface area contributed by atoms with E-state index < -0.39 is 10.2 Å². The van der Waals surface area contributed by atoms with Crippen LogP contribution in [0.5, 0.6) is 0 Å². The second kappa shape index (κ2) is 5.83. The number of ether oxygens (including phenoxy) is 1. The summed E-state index contributed by atoms with van der Waals surface area (Å²) in [7, 11) is -3.32. The standard InChI is InChI=1S/C11H23N3O3S/c1-2-10-9-14(4-3-11(10)12)18(15,16)13-5-7-17-8-6-13/h10-11H,2-9,12H2,1H3. The quantitative estimate of drug-likeness (QED) is 0.763. The van der Waals surface area contributed by atoms with Gasteiger partial charge in [0.25, 0.3) is 10.2 Å². The lowest BCUT2D eigenvalue weighted by molar-refractivity contribution is 0.0687. The third-order valence-corrected chi connectivity index (χ3v) is 5.90. The highest BCUT2D eigenvalue weighted by atomic mass is 32.2. The van der Waals surface area contributed by atoms with Gasteiger partial charge in [0.05, 0.1) is 13.2 Å². The van der Waals surface area contributed by atoms with E-state index in [1.807, 2.05) is 0 Å². The second-order valence-corrected chi connectivity index (χ2v) is 6.93. The Balaban J connectivity index is 2.05. The smallest absolute Gasteiger partial charge is 0.282 e. The van der Waals surface area contributed by atoms with Gasteiger partial charge in [0.1, 0.15) is 0 Å². The summed E-state index contributed by atoms with van der Waals surface area (Å²) in [6.45, 7) is 5.06. The number of hydrogen-bond donors (Lipinski definition) is 1. The molecular weight excluding hydrogens is 254 g/mol. The van der Waals surface area contributed by atoms with Gasteiger partial charge in [-0.15, -0.1) is 0 Å². The molecule has 2 saturated heterocycles. The Bertz CT molecular complexity index is 368. The minimum Gasteiger partial charge on any atom is -0.379 e. The Morgan fingerprint density at radius 2 is 1.89 bits per heavy atom. The molecule has 2 aliphatic heterocycles. The zero-order valence-corrected chi connectivity index (χ0v) is 11.7. The average Bonchev–Trinajstić information content (AvgIpc) is 2.40. The molecule has 2 rings (SSSR count). The first kappa shape index (κ1) is 14.2. The van der Waals surface area contributed by atoms with Crippen molar-refractivity contribution in [3.8, 4) is 0 Å². The van der Waals surface area contributed by atoms with Gasteiger partial charge in [-0.3, -0.25) is 0 Å². The third-order valence-electron chi connectivity index (χ3n) is 3.90. The van der Waals surface area contributed by atoms with Gasteiger partial charge in [0, 0.05) is 32.2 Å². The van der Waals surface area contributed by atoms with Crippen LogP contribution in [0.2, 0.25) is 0 Å². The van der Waals surface area contributed by atoms with E-state index in [1.54, 1.807) is 4.31 Å². The fraction of sp³-hybridized carbons (Fsp3) is 1.00. The average molecular weight is 277 g/mol. The van der Waals surface area contributed by atoms with E-state index >= 15 is 0 Å². The first-order valence-electron chi connectivity index (χ1n) is 6.64. The van der Waals surface area contributed by atoms with E-state index in [2.05, 4.69) is 6.92 Å². The lowest BCUT2D eigenvalue weighted by Crippen LogP contribution is -2.54. The van der Waals surface area contributed by atoms with E-state index in [0.717, 1.165) is 12.8 Å². The SMILES string of the molecule is CCC1CN(S(=O)(=O)N2CCOCC2)CCC1N. The summed E-state index contributed by atoms with van der Waals surface area (Å²) in [6, 6.07) is 0.131. The Labute approximate surface area is 109 Å². The van der Waals surface area contributed by atoms with Gasteiger partial charge in [0.2, 0.25) is 0 Å². The summed E-state index contributed by atoms with van der Waals surface area (Å²) in [6.07, 6.45) is 1.68. The van der Waals surface area contributed by atoms with Crippen LogP contribution in [-0.4, -0.2) is 62.5 Å². The summed E-state index contributed by atoms with van der Waals surface area (Å²) in [4.78, 5) is 0. The molecule has 7 heteroatoms. The highest BCUT2D eigenvalue weighted by Gasteiger charge is 2.36. The van der Waals surface area contributed by atoms with E-state index in [9.17, 15) is 8.42 Å². The summed E-state index contributed by atoms with van der Waals surface area (Å²) >= 11 is 0. The zero-order valence-electron chi connectivity index (χ0n) is 10.9. The Kier molecular flexibility index (Phi) is 4.60. The minimum absolute atomic E-state index is 0.131. The monoisotopic (exact) mass is 277 g/mol. The van der Waals surface area contributed by atoms with E-state index in [-0.39, 0.29) is 12.0 Å². The molecule has 0 aromatic heterocycles. The molecule has 2 atom stereocenters. The molecule has 2 N–H and O–H groups in total. The first-order valence-corrected chi connectivity index (χ1v) is 8.04. The zero-order chi connectivity index (χ0) is 13.2. The number of nitrogens with zero attached hydrogens (tertiary/aromatic N) is 2. The van der Waals surface area contributed by atoms with Crippen molar-refractivity contribution in [1.82, 2.24) is 8.61 Å². The number of morpholine rings is 1.